The minimum absolute atomic E-state index is 0. The first-order chi connectivity index (χ1) is 54.6. The molecule has 0 aliphatic heterocycles. The van der Waals surface area contributed by atoms with E-state index < -0.39 is 0 Å². The van der Waals surface area contributed by atoms with Gasteiger partial charge in [-0.1, -0.05) is 591 Å². The van der Waals surface area contributed by atoms with Gasteiger partial charge in [0.1, 0.15) is 0 Å². The van der Waals surface area contributed by atoms with Gasteiger partial charge in [0, 0.05) is 5.88 Å². The fraction of sp³-hybridized carbons (Fsp3) is 0.985. The number of allylic oxidation sites excluding steroid dienone is 1. The summed E-state index contributed by atoms with van der Waals surface area (Å²) in [4.78, 5) is 0. The van der Waals surface area contributed by atoms with Crippen LogP contribution in [-0.2, 0) is 0 Å². The maximum absolute atomic E-state index is 5.96. The van der Waals surface area contributed by atoms with E-state index in [1.807, 2.05) is 0 Å². The van der Waals surface area contributed by atoms with Gasteiger partial charge < -0.3 is 0 Å². The molecule has 0 saturated heterocycles. The van der Waals surface area contributed by atoms with Crippen molar-refractivity contribution in [3.63, 3.8) is 0 Å². The molecule has 0 spiro atoms. The van der Waals surface area contributed by atoms with Crippen molar-refractivity contribution in [1.82, 2.24) is 0 Å². The van der Waals surface area contributed by atoms with Gasteiger partial charge in [0.2, 0.25) is 0 Å². The average Bonchev–Trinajstić information content (AvgIpc) is 1.42. The van der Waals surface area contributed by atoms with E-state index in [9.17, 15) is 0 Å². The largest absolute Gasteiger partial charge is 0.126 e. The summed E-state index contributed by atoms with van der Waals surface area (Å²) in [6.45, 7) is 159. The first-order valence-corrected chi connectivity index (χ1v) is 54.4. The lowest BCUT2D eigenvalue weighted by Gasteiger charge is -2.48. The quantitative estimate of drug-likeness (QED) is 0.120. The van der Waals surface area contributed by atoms with Crippen molar-refractivity contribution < 1.29 is 0 Å². The first kappa shape index (κ1) is 183. The summed E-state index contributed by atoms with van der Waals surface area (Å²) < 4.78 is 0. The van der Waals surface area contributed by atoms with Crippen molar-refractivity contribution in [2.45, 2.75) is 687 Å². The van der Waals surface area contributed by atoms with Crippen LogP contribution in [0.5, 0.6) is 0 Å². The minimum atomic E-state index is 0. The van der Waals surface area contributed by atoms with Crippen LogP contribution in [0.1, 0.15) is 687 Å². The van der Waals surface area contributed by atoms with Gasteiger partial charge in [-0.3, -0.25) is 0 Å². The van der Waals surface area contributed by atoms with Crippen molar-refractivity contribution in [3.8, 4) is 0 Å². The van der Waals surface area contributed by atoms with Crippen LogP contribution in [0.3, 0.4) is 0 Å². The second-order valence-corrected chi connectivity index (χ2v) is 66.0. The van der Waals surface area contributed by atoms with Gasteiger partial charge in [-0.2, -0.15) is 0 Å². The van der Waals surface area contributed by atoms with Gasteiger partial charge in [0.25, 0.3) is 0 Å². The summed E-state index contributed by atoms with van der Waals surface area (Å²) in [5.41, 5.74) is 9.37. The molecule has 138 heavy (non-hydrogen) atoms. The molecule has 0 aromatic rings. The van der Waals surface area contributed by atoms with Crippen molar-refractivity contribution >= 4 is 11.6 Å². The second-order valence-electron chi connectivity index (χ2n) is 65.7. The SMILES string of the molecule is C.C.C.C.C.C.C.C.C.C.C.C.C=CC1CCC(C(C)(C)C)C(C(C)(C)C)C1.CC(C)(C)C1CCCC1C(C)(C)C.CC(C)(C)C1CCCCC1C(C)(C)C.CC(C)(C)CC(CCl)C(C)(C)C.CC(C)(C)CCC(C)(C)C.CC(C)CC(CC(C)(C)C)C(C)(C)C.CC(CC(C)(C)C)C(C)(C)C.CCC(CC(C)(C)C)C(C)(C)C.CCC(CC(C)(C)C)C(C)(C)C.CCC(CC(C)(C)C)C(C)(C)C. The van der Waals surface area contributed by atoms with Gasteiger partial charge in [0.15, 0.2) is 0 Å². The number of hydrogen-bond acceptors (Lipinski definition) is 0. The molecule has 864 valence electrons. The Morgan fingerprint density at radius 1 is 0.232 bits per heavy atom. The molecular formula is C137H309Cl. The molecule has 0 N–H and O–H groups in total. The Morgan fingerprint density at radius 3 is 0.551 bits per heavy atom. The Kier molecular flexibility index (Phi) is 97.1. The fourth-order valence-electron chi connectivity index (χ4n) is 20.4. The molecule has 13 atom stereocenters. The molecule has 0 aromatic carbocycles. The Balaban J connectivity index is -0.0000000666. The highest BCUT2D eigenvalue weighted by molar-refractivity contribution is 6.18. The van der Waals surface area contributed by atoms with Gasteiger partial charge in [-0.25, -0.2) is 0 Å². The lowest BCUT2D eigenvalue weighted by Crippen LogP contribution is -2.40. The molecule has 0 radical (unpaired) electrons. The van der Waals surface area contributed by atoms with Crippen LogP contribution in [0, 0.1) is 191 Å². The molecule has 3 saturated carbocycles. The zero-order valence-corrected chi connectivity index (χ0v) is 103. The summed E-state index contributed by atoms with van der Waals surface area (Å²) in [6, 6.07) is 0. The average molecular weight is 1990 g/mol. The van der Waals surface area contributed by atoms with E-state index >= 15 is 0 Å². The fourth-order valence-corrected chi connectivity index (χ4v) is 21.0. The second kappa shape index (κ2) is 73.3. The van der Waals surface area contributed by atoms with Crippen LogP contribution in [0.4, 0.5) is 0 Å². The van der Waals surface area contributed by atoms with E-state index in [1.165, 1.54) is 141 Å². The smallest absolute Gasteiger partial charge is 0.0256 e. The van der Waals surface area contributed by atoms with E-state index in [0.717, 1.165) is 82.8 Å². The standard InChI is InChI=1S/C16H30.C14H28.C14H30.C13H26.3C12H26.C11H23Cl.C11H24.C10H22.12CH4/c1-8-12-9-10-13(15(2,3)4)14(11-12)16(5,6)7;1-13(2,3)11-9-7-8-10-12(11)14(4,5)6;1-11(2)9-12(14(6,7)8)10-13(3,4)5;1-12(2,3)10-8-7-9-11(10)13(4,5)6;3*1-8-10(12(5,6)7)9-11(2,3)4;1-10(2,3)7-9(8-12)11(4,5)6;1-9(11(5,6)7)8-10(2,3)4;1-9(2,3)7-8-10(4,5)6;;;;;;;;;;;;/h8,12-14H,1,9-11H2,2-7H3;11-12H,7-10H2,1-6H3;11-12H,9-10H2,1-8H3;10-11H,7-9H2,1-6H3;3*10H,8-9H2,1-7H3;9H,7-8H2,1-6H3;9H,8H2,1-7H3;7-8H2,1-6H3;12*1H4. The maximum atomic E-state index is 5.96. The number of hydrogen-bond donors (Lipinski definition) is 0. The zero-order valence-electron chi connectivity index (χ0n) is 102. The molecule has 3 fully saturated rings. The third-order valence-corrected chi connectivity index (χ3v) is 29.4. The van der Waals surface area contributed by atoms with Crippen LogP contribution in [-0.4, -0.2) is 5.88 Å². The van der Waals surface area contributed by atoms with Crippen molar-refractivity contribution in [2.75, 3.05) is 5.88 Å². The number of rotatable bonds is 14. The van der Waals surface area contributed by atoms with E-state index in [-0.39, 0.29) is 89.1 Å². The third kappa shape index (κ3) is 101. The van der Waals surface area contributed by atoms with Gasteiger partial charge in [0.05, 0.1) is 0 Å². The molecule has 13 unspecified atom stereocenters. The summed E-state index contributed by atoms with van der Waals surface area (Å²) in [7, 11) is 0. The van der Waals surface area contributed by atoms with E-state index in [4.69, 9.17) is 11.6 Å². The lowest BCUT2D eigenvalue weighted by atomic mass is 9.57. The Hall–Kier alpha value is 0.0300. The molecule has 0 heterocycles. The first-order valence-electron chi connectivity index (χ1n) is 53.8. The zero-order chi connectivity index (χ0) is 103. The molecule has 1 heteroatoms. The molecule has 0 bridgehead atoms. The topological polar surface area (TPSA) is 0 Å². The van der Waals surface area contributed by atoms with E-state index in [0.29, 0.717) is 114 Å². The highest BCUT2D eigenvalue weighted by Gasteiger charge is 2.45. The molecular weight excluding hydrogens is 1680 g/mol. The van der Waals surface area contributed by atoms with Gasteiger partial charge in [-0.05, 0) is 294 Å². The van der Waals surface area contributed by atoms with Crippen LogP contribution >= 0.6 is 11.6 Å². The summed E-state index contributed by atoms with van der Waals surface area (Å²) >= 11 is 5.96. The van der Waals surface area contributed by atoms with Gasteiger partial charge >= 0.3 is 0 Å². The third-order valence-electron chi connectivity index (χ3n) is 29.0. The van der Waals surface area contributed by atoms with Crippen molar-refractivity contribution in [2.24, 2.45) is 191 Å². The maximum Gasteiger partial charge on any atom is 0.0256 e. The summed E-state index contributed by atoms with van der Waals surface area (Å²) in [6.07, 6.45) is 32.2. The summed E-state index contributed by atoms with van der Waals surface area (Å²) in [5.74, 6) is 12.6. The monoisotopic (exact) mass is 1990 g/mol. The minimum Gasteiger partial charge on any atom is -0.126 e. The Bertz CT molecular complexity index is 2460. The lowest BCUT2D eigenvalue weighted by molar-refractivity contribution is 0.0202. The van der Waals surface area contributed by atoms with Crippen LogP contribution in [0.15, 0.2) is 12.7 Å². The molecule has 3 rings (SSSR count). The van der Waals surface area contributed by atoms with Crippen molar-refractivity contribution in [3.05, 3.63) is 12.7 Å². The van der Waals surface area contributed by atoms with Crippen LogP contribution in [0.2, 0.25) is 0 Å². The highest BCUT2D eigenvalue weighted by atomic mass is 35.5. The molecule has 3 aliphatic carbocycles. The van der Waals surface area contributed by atoms with Crippen LogP contribution < -0.4 is 0 Å². The summed E-state index contributed by atoms with van der Waals surface area (Å²) in [5, 5.41) is 0. The predicted octanol–water partition coefficient (Wildman–Crippen LogP) is 53.2. The Labute approximate surface area is 902 Å². The van der Waals surface area contributed by atoms with Crippen molar-refractivity contribution in [1.29, 1.82) is 0 Å². The highest BCUT2D eigenvalue weighted by Crippen LogP contribution is 2.54. The molecule has 0 nitrogen and oxygen atoms in total. The molecule has 0 amide bonds. The molecule has 3 aliphatic rings. The Morgan fingerprint density at radius 2 is 0.420 bits per heavy atom. The van der Waals surface area contributed by atoms with E-state index in [1.54, 1.807) is 0 Å². The number of alkyl halides is 1. The number of halogens is 1. The van der Waals surface area contributed by atoms with Crippen LogP contribution in [0.25, 0.3) is 0 Å². The normalized spacial score (nSPS) is 19.4. The van der Waals surface area contributed by atoms with E-state index in [2.05, 4.69) is 470 Å². The molecule has 0 aromatic heterocycles. The predicted molar refractivity (Wildman–Crippen MR) is 675 cm³/mol. The van der Waals surface area contributed by atoms with Gasteiger partial charge in [-0.15, -0.1) is 18.2 Å².